The van der Waals surface area contributed by atoms with E-state index in [-0.39, 0.29) is 11.2 Å². The molecular weight excluding hydrogens is 295 g/mol. The van der Waals surface area contributed by atoms with Gasteiger partial charge in [0.1, 0.15) is 22.9 Å². The highest BCUT2D eigenvalue weighted by molar-refractivity contribution is 5.84. The lowest BCUT2D eigenvalue weighted by Crippen LogP contribution is -2.08. The number of benzene rings is 2. The topological polar surface area (TPSA) is 39.4 Å². The molecule has 1 aromatic heterocycles. The van der Waals surface area contributed by atoms with E-state index in [1.807, 2.05) is 13.0 Å². The highest BCUT2D eigenvalue weighted by Crippen LogP contribution is 2.29. The Labute approximate surface area is 133 Å². The zero-order valence-electron chi connectivity index (χ0n) is 13.3. The van der Waals surface area contributed by atoms with E-state index in [1.54, 1.807) is 32.2 Å². The Bertz CT molecular complexity index is 924. The molecule has 0 aliphatic heterocycles. The minimum Gasteiger partial charge on any atom is -0.496 e. The second-order valence-electron chi connectivity index (χ2n) is 5.38. The van der Waals surface area contributed by atoms with Crippen LogP contribution < -0.4 is 10.2 Å². The summed E-state index contributed by atoms with van der Waals surface area (Å²) in [4.78, 5) is 12.9. The summed E-state index contributed by atoms with van der Waals surface area (Å²) >= 11 is 0. The molecule has 0 aliphatic rings. The van der Waals surface area contributed by atoms with Gasteiger partial charge in [0, 0.05) is 6.07 Å². The van der Waals surface area contributed by atoms with Crippen LogP contribution in [0.5, 0.6) is 5.75 Å². The monoisotopic (exact) mass is 312 g/mol. The van der Waals surface area contributed by atoms with Crippen molar-refractivity contribution in [3.8, 4) is 16.9 Å². The summed E-state index contributed by atoms with van der Waals surface area (Å²) in [5.74, 6) is 0.868. The molecule has 0 saturated carbocycles. The smallest absolute Gasteiger partial charge is 0.200 e. The van der Waals surface area contributed by atoms with E-state index in [2.05, 4.69) is 0 Å². The van der Waals surface area contributed by atoms with Crippen LogP contribution in [0.15, 0.2) is 45.6 Å². The van der Waals surface area contributed by atoms with E-state index >= 15 is 0 Å². The quantitative estimate of drug-likeness (QED) is 0.716. The maximum atomic E-state index is 13.1. The Morgan fingerprint density at radius 1 is 1.17 bits per heavy atom. The van der Waals surface area contributed by atoms with Gasteiger partial charge in [-0.15, -0.1) is 0 Å². The summed E-state index contributed by atoms with van der Waals surface area (Å²) in [5.41, 5.74) is 2.43. The fourth-order valence-corrected chi connectivity index (χ4v) is 2.80. The van der Waals surface area contributed by atoms with Gasteiger partial charge in [-0.2, -0.15) is 0 Å². The van der Waals surface area contributed by atoms with Crippen molar-refractivity contribution in [1.29, 1.82) is 0 Å². The lowest BCUT2D eigenvalue weighted by Gasteiger charge is -2.11. The SMILES string of the molecule is CCc1cc2c(=O)c(-c3ccc(F)cc3)c(C)oc2cc1OC. The second-order valence-corrected chi connectivity index (χ2v) is 5.38. The molecule has 0 N–H and O–H groups in total. The zero-order chi connectivity index (χ0) is 16.6. The van der Waals surface area contributed by atoms with Crippen molar-refractivity contribution >= 4 is 11.0 Å². The van der Waals surface area contributed by atoms with Gasteiger partial charge in [-0.1, -0.05) is 19.1 Å². The molecule has 118 valence electrons. The maximum absolute atomic E-state index is 13.1. The molecule has 2 aromatic carbocycles. The van der Waals surface area contributed by atoms with E-state index < -0.39 is 0 Å². The van der Waals surface area contributed by atoms with Crippen LogP contribution in [0.2, 0.25) is 0 Å². The van der Waals surface area contributed by atoms with Crippen molar-refractivity contribution in [2.24, 2.45) is 0 Å². The minimum atomic E-state index is -0.338. The van der Waals surface area contributed by atoms with Gasteiger partial charge in [0.25, 0.3) is 0 Å². The van der Waals surface area contributed by atoms with E-state index in [0.717, 1.165) is 12.0 Å². The lowest BCUT2D eigenvalue weighted by atomic mass is 10.0. The summed E-state index contributed by atoms with van der Waals surface area (Å²) in [7, 11) is 1.60. The number of methoxy groups -OCH3 is 1. The van der Waals surface area contributed by atoms with Gasteiger partial charge in [-0.05, 0) is 42.7 Å². The molecule has 0 amide bonds. The standard InChI is InChI=1S/C19H17FO3/c1-4-12-9-15-17(10-16(12)22-3)23-11(2)18(19(15)21)13-5-7-14(20)8-6-13/h5-10H,4H2,1-3H3. The van der Waals surface area contributed by atoms with Crippen LogP contribution in [0.25, 0.3) is 22.1 Å². The van der Waals surface area contributed by atoms with Crippen molar-refractivity contribution < 1.29 is 13.5 Å². The van der Waals surface area contributed by atoms with Crippen molar-refractivity contribution in [3.05, 3.63) is 63.8 Å². The highest BCUT2D eigenvalue weighted by Gasteiger charge is 2.16. The molecule has 1 heterocycles. The summed E-state index contributed by atoms with van der Waals surface area (Å²) in [5, 5.41) is 0.507. The van der Waals surface area contributed by atoms with Crippen LogP contribution in [-0.4, -0.2) is 7.11 Å². The summed E-state index contributed by atoms with van der Waals surface area (Å²) < 4.78 is 24.3. The summed E-state index contributed by atoms with van der Waals surface area (Å²) in [6, 6.07) is 9.41. The van der Waals surface area contributed by atoms with E-state index in [9.17, 15) is 9.18 Å². The van der Waals surface area contributed by atoms with Crippen LogP contribution in [0.3, 0.4) is 0 Å². The third-order valence-corrected chi connectivity index (χ3v) is 3.98. The molecule has 0 bridgehead atoms. The van der Waals surface area contributed by atoms with E-state index in [1.165, 1.54) is 12.1 Å². The maximum Gasteiger partial charge on any atom is 0.200 e. The molecule has 0 spiro atoms. The van der Waals surface area contributed by atoms with Crippen molar-refractivity contribution in [2.45, 2.75) is 20.3 Å². The number of halogens is 1. The Hall–Kier alpha value is -2.62. The number of rotatable bonds is 3. The van der Waals surface area contributed by atoms with E-state index in [0.29, 0.717) is 33.6 Å². The van der Waals surface area contributed by atoms with Gasteiger partial charge in [0.05, 0.1) is 18.1 Å². The first-order chi connectivity index (χ1) is 11.0. The van der Waals surface area contributed by atoms with Gasteiger partial charge in [0.2, 0.25) is 5.43 Å². The number of aryl methyl sites for hydroxylation is 2. The number of ether oxygens (including phenoxy) is 1. The third kappa shape index (κ3) is 2.61. The molecule has 0 unspecified atom stereocenters. The minimum absolute atomic E-state index is 0.118. The van der Waals surface area contributed by atoms with Crippen LogP contribution in [0.4, 0.5) is 4.39 Å². The van der Waals surface area contributed by atoms with Crippen molar-refractivity contribution in [3.63, 3.8) is 0 Å². The van der Waals surface area contributed by atoms with Crippen LogP contribution >= 0.6 is 0 Å². The zero-order valence-corrected chi connectivity index (χ0v) is 13.3. The number of hydrogen-bond acceptors (Lipinski definition) is 3. The molecule has 0 atom stereocenters. The average Bonchev–Trinajstić information content (AvgIpc) is 2.55. The Morgan fingerprint density at radius 3 is 2.48 bits per heavy atom. The second kappa shape index (κ2) is 5.88. The molecule has 3 rings (SSSR count). The predicted molar refractivity (Wildman–Crippen MR) is 88.5 cm³/mol. The van der Waals surface area contributed by atoms with Gasteiger partial charge in [-0.3, -0.25) is 4.79 Å². The van der Waals surface area contributed by atoms with Crippen LogP contribution in [0.1, 0.15) is 18.2 Å². The predicted octanol–water partition coefficient (Wildman–Crippen LogP) is 4.48. The Morgan fingerprint density at radius 2 is 1.87 bits per heavy atom. The van der Waals surface area contributed by atoms with Gasteiger partial charge < -0.3 is 9.15 Å². The molecular formula is C19H17FO3. The molecule has 3 aromatic rings. The van der Waals surface area contributed by atoms with Crippen LogP contribution in [0, 0.1) is 12.7 Å². The first-order valence-electron chi connectivity index (χ1n) is 7.45. The first-order valence-corrected chi connectivity index (χ1v) is 7.45. The molecule has 0 saturated heterocycles. The molecule has 3 nitrogen and oxygen atoms in total. The van der Waals surface area contributed by atoms with Crippen molar-refractivity contribution in [1.82, 2.24) is 0 Å². The average molecular weight is 312 g/mol. The fourth-order valence-electron chi connectivity index (χ4n) is 2.80. The van der Waals surface area contributed by atoms with Crippen LogP contribution in [-0.2, 0) is 6.42 Å². The highest BCUT2D eigenvalue weighted by atomic mass is 19.1. The normalized spacial score (nSPS) is 11.0. The number of fused-ring (bicyclic) bond motifs is 1. The first kappa shape index (κ1) is 15.3. The number of hydrogen-bond donors (Lipinski definition) is 0. The molecule has 0 radical (unpaired) electrons. The molecule has 0 fully saturated rings. The summed E-state index contributed by atoms with van der Waals surface area (Å²) in [6.07, 6.45) is 0.748. The Kier molecular flexibility index (Phi) is 3.90. The third-order valence-electron chi connectivity index (χ3n) is 3.98. The lowest BCUT2D eigenvalue weighted by molar-refractivity contribution is 0.409. The fraction of sp³-hybridized carbons (Fsp3) is 0.211. The van der Waals surface area contributed by atoms with Gasteiger partial charge >= 0.3 is 0 Å². The molecule has 23 heavy (non-hydrogen) atoms. The largest absolute Gasteiger partial charge is 0.496 e. The van der Waals surface area contributed by atoms with Crippen molar-refractivity contribution in [2.75, 3.05) is 7.11 Å². The molecule has 4 heteroatoms. The van der Waals surface area contributed by atoms with Gasteiger partial charge in [0.15, 0.2) is 0 Å². The molecule has 0 aliphatic carbocycles. The van der Waals surface area contributed by atoms with E-state index in [4.69, 9.17) is 9.15 Å². The van der Waals surface area contributed by atoms with Gasteiger partial charge in [-0.25, -0.2) is 4.39 Å². The summed E-state index contributed by atoms with van der Waals surface area (Å²) in [6.45, 7) is 3.74. The Balaban J connectivity index is 2.32.